The van der Waals surface area contributed by atoms with Crippen molar-refractivity contribution in [2.75, 3.05) is 6.54 Å². The minimum absolute atomic E-state index is 0.0852. The van der Waals surface area contributed by atoms with Crippen molar-refractivity contribution in [2.45, 2.75) is 63.3 Å². The zero-order chi connectivity index (χ0) is 20.0. The summed E-state index contributed by atoms with van der Waals surface area (Å²) >= 11 is 0. The number of hydrogen-bond donors (Lipinski definition) is 3. The third-order valence-electron chi connectivity index (χ3n) is 5.07. The molecule has 0 saturated heterocycles. The number of rotatable bonds is 9. The van der Waals surface area contributed by atoms with Crippen LogP contribution in [0.5, 0.6) is 0 Å². The SMILES string of the molecule is CC[C@H](C)[C@H](NC(=O)CCNS(=O)(=O)c1ccc2c(c1)CCCC2)C(=O)O. The smallest absolute Gasteiger partial charge is 0.326 e. The van der Waals surface area contributed by atoms with E-state index in [0.717, 1.165) is 31.2 Å². The Morgan fingerprint density at radius 2 is 1.85 bits per heavy atom. The lowest BCUT2D eigenvalue weighted by molar-refractivity contribution is -0.143. The zero-order valence-electron chi connectivity index (χ0n) is 15.8. The molecule has 1 amide bonds. The molecule has 0 unspecified atom stereocenters. The predicted octanol–water partition coefficient (Wildman–Crippen LogP) is 1.85. The quantitative estimate of drug-likeness (QED) is 0.590. The fourth-order valence-electron chi connectivity index (χ4n) is 3.19. The van der Waals surface area contributed by atoms with E-state index in [1.165, 1.54) is 5.56 Å². The monoisotopic (exact) mass is 396 g/mol. The van der Waals surface area contributed by atoms with Crippen LogP contribution in [0, 0.1) is 5.92 Å². The molecule has 2 rings (SSSR count). The maximum atomic E-state index is 12.4. The van der Waals surface area contributed by atoms with Gasteiger partial charge >= 0.3 is 5.97 Å². The molecule has 0 spiro atoms. The fourth-order valence-corrected chi connectivity index (χ4v) is 4.27. The highest BCUT2D eigenvalue weighted by Crippen LogP contribution is 2.24. The second kappa shape index (κ2) is 9.32. The van der Waals surface area contributed by atoms with Crippen LogP contribution in [-0.4, -0.2) is 38.0 Å². The summed E-state index contributed by atoms with van der Waals surface area (Å²) in [7, 11) is -3.70. The largest absolute Gasteiger partial charge is 0.480 e. The maximum Gasteiger partial charge on any atom is 0.326 e. The van der Waals surface area contributed by atoms with Crippen LogP contribution in [0.2, 0.25) is 0 Å². The Morgan fingerprint density at radius 3 is 2.48 bits per heavy atom. The van der Waals surface area contributed by atoms with Gasteiger partial charge in [0, 0.05) is 13.0 Å². The number of carbonyl (C=O) groups is 2. The molecule has 8 heteroatoms. The van der Waals surface area contributed by atoms with Gasteiger partial charge in [0.1, 0.15) is 6.04 Å². The van der Waals surface area contributed by atoms with Crippen LogP contribution in [0.15, 0.2) is 23.1 Å². The summed E-state index contributed by atoms with van der Waals surface area (Å²) < 4.78 is 27.3. The number of carboxylic acid groups (broad SMARTS) is 1. The minimum atomic E-state index is -3.70. The molecule has 0 aliphatic heterocycles. The highest BCUT2D eigenvalue weighted by molar-refractivity contribution is 7.89. The molecular formula is C19H28N2O5S. The van der Waals surface area contributed by atoms with Crippen LogP contribution >= 0.6 is 0 Å². The number of amides is 1. The molecule has 1 aromatic carbocycles. The molecule has 0 saturated carbocycles. The summed E-state index contributed by atoms with van der Waals surface area (Å²) in [5, 5.41) is 11.7. The number of nitrogens with one attached hydrogen (secondary N) is 2. The van der Waals surface area contributed by atoms with Crippen molar-refractivity contribution in [3.05, 3.63) is 29.3 Å². The first-order valence-corrected chi connectivity index (χ1v) is 10.9. The van der Waals surface area contributed by atoms with Gasteiger partial charge in [-0.3, -0.25) is 4.79 Å². The van der Waals surface area contributed by atoms with Crippen molar-refractivity contribution < 1.29 is 23.1 Å². The van der Waals surface area contributed by atoms with Crippen LogP contribution in [0.25, 0.3) is 0 Å². The molecule has 2 atom stereocenters. The van der Waals surface area contributed by atoms with Crippen molar-refractivity contribution >= 4 is 21.9 Å². The van der Waals surface area contributed by atoms with E-state index in [1.807, 2.05) is 13.0 Å². The minimum Gasteiger partial charge on any atom is -0.480 e. The molecule has 1 aliphatic carbocycles. The number of hydrogen-bond acceptors (Lipinski definition) is 4. The van der Waals surface area contributed by atoms with Crippen molar-refractivity contribution in [2.24, 2.45) is 5.92 Å². The van der Waals surface area contributed by atoms with E-state index in [-0.39, 0.29) is 23.8 Å². The molecule has 0 fully saturated rings. The van der Waals surface area contributed by atoms with E-state index in [9.17, 15) is 23.1 Å². The topological polar surface area (TPSA) is 113 Å². The van der Waals surface area contributed by atoms with Gasteiger partial charge in [0.25, 0.3) is 0 Å². The molecule has 0 aromatic heterocycles. The first-order valence-electron chi connectivity index (χ1n) is 9.38. The van der Waals surface area contributed by atoms with Crippen LogP contribution < -0.4 is 10.0 Å². The second-order valence-electron chi connectivity index (χ2n) is 7.05. The second-order valence-corrected chi connectivity index (χ2v) is 8.82. The Balaban J connectivity index is 1.91. The summed E-state index contributed by atoms with van der Waals surface area (Å²) in [6, 6.07) is 4.19. The number of sulfonamides is 1. The fraction of sp³-hybridized carbons (Fsp3) is 0.579. The Labute approximate surface area is 160 Å². The first kappa shape index (κ1) is 21.4. The third-order valence-corrected chi connectivity index (χ3v) is 6.53. The number of carbonyl (C=O) groups excluding carboxylic acids is 1. The number of benzene rings is 1. The maximum absolute atomic E-state index is 12.4. The Bertz CT molecular complexity index is 791. The average Bonchev–Trinajstić information content (AvgIpc) is 2.64. The standard InChI is InChI=1S/C19H28N2O5S/c1-3-13(2)18(19(23)24)21-17(22)10-11-20-27(25,26)16-9-8-14-6-4-5-7-15(14)12-16/h8-9,12-13,18,20H,3-7,10-11H2,1-2H3,(H,21,22)(H,23,24)/t13-,18-/m0/s1. The van der Waals surface area contributed by atoms with Crippen LogP contribution in [0.1, 0.15) is 50.7 Å². The normalized spacial score (nSPS) is 16.2. The van der Waals surface area contributed by atoms with E-state index in [4.69, 9.17) is 0 Å². The predicted molar refractivity (Wildman–Crippen MR) is 102 cm³/mol. The molecule has 27 heavy (non-hydrogen) atoms. The zero-order valence-corrected chi connectivity index (χ0v) is 16.6. The van der Waals surface area contributed by atoms with Gasteiger partial charge in [-0.15, -0.1) is 0 Å². The third kappa shape index (κ3) is 5.77. The number of fused-ring (bicyclic) bond motifs is 1. The summed E-state index contributed by atoms with van der Waals surface area (Å²) in [5.74, 6) is -1.79. The molecule has 0 heterocycles. The number of carboxylic acids is 1. The molecule has 3 N–H and O–H groups in total. The molecule has 7 nitrogen and oxygen atoms in total. The van der Waals surface area contributed by atoms with Gasteiger partial charge in [-0.2, -0.15) is 0 Å². The average molecular weight is 397 g/mol. The lowest BCUT2D eigenvalue weighted by Crippen LogP contribution is -2.45. The van der Waals surface area contributed by atoms with Gasteiger partial charge in [-0.05, 0) is 54.9 Å². The highest BCUT2D eigenvalue weighted by Gasteiger charge is 2.25. The molecular weight excluding hydrogens is 368 g/mol. The lowest BCUT2D eigenvalue weighted by Gasteiger charge is -2.20. The van der Waals surface area contributed by atoms with Gasteiger partial charge in [0.15, 0.2) is 0 Å². The molecule has 0 bridgehead atoms. The summed E-state index contributed by atoms with van der Waals surface area (Å²) in [4.78, 5) is 23.4. The van der Waals surface area contributed by atoms with E-state index >= 15 is 0 Å². The van der Waals surface area contributed by atoms with Crippen LogP contribution in [0.4, 0.5) is 0 Å². The van der Waals surface area contributed by atoms with Gasteiger partial charge < -0.3 is 10.4 Å². The molecule has 0 radical (unpaired) electrons. The Hall–Kier alpha value is -1.93. The van der Waals surface area contributed by atoms with Crippen molar-refractivity contribution in [3.8, 4) is 0 Å². The first-order chi connectivity index (χ1) is 12.7. The van der Waals surface area contributed by atoms with Gasteiger partial charge in [0.2, 0.25) is 15.9 Å². The van der Waals surface area contributed by atoms with E-state index in [1.54, 1.807) is 19.1 Å². The van der Waals surface area contributed by atoms with Gasteiger partial charge in [-0.25, -0.2) is 17.9 Å². The van der Waals surface area contributed by atoms with E-state index in [2.05, 4.69) is 10.0 Å². The van der Waals surface area contributed by atoms with Gasteiger partial charge in [0.05, 0.1) is 4.90 Å². The van der Waals surface area contributed by atoms with E-state index < -0.39 is 27.9 Å². The number of aryl methyl sites for hydroxylation is 2. The summed E-state index contributed by atoms with van der Waals surface area (Å²) in [6.45, 7) is 3.51. The van der Waals surface area contributed by atoms with Crippen molar-refractivity contribution in [3.63, 3.8) is 0 Å². The number of aliphatic carboxylic acids is 1. The summed E-state index contributed by atoms with van der Waals surface area (Å²) in [6.07, 6.45) is 4.54. The van der Waals surface area contributed by atoms with E-state index in [0.29, 0.717) is 6.42 Å². The lowest BCUT2D eigenvalue weighted by atomic mass is 9.92. The molecule has 1 aromatic rings. The molecule has 1 aliphatic rings. The highest BCUT2D eigenvalue weighted by atomic mass is 32.2. The van der Waals surface area contributed by atoms with Crippen molar-refractivity contribution in [1.82, 2.24) is 10.0 Å². The van der Waals surface area contributed by atoms with Crippen LogP contribution in [0.3, 0.4) is 0 Å². The molecule has 150 valence electrons. The summed E-state index contributed by atoms with van der Waals surface area (Å²) in [5.41, 5.74) is 2.27. The van der Waals surface area contributed by atoms with Crippen LogP contribution in [-0.2, 0) is 32.5 Å². The Kier molecular flexibility index (Phi) is 7.38. The van der Waals surface area contributed by atoms with Crippen molar-refractivity contribution in [1.29, 1.82) is 0 Å². The van der Waals surface area contributed by atoms with Gasteiger partial charge in [-0.1, -0.05) is 26.3 Å². The Morgan fingerprint density at radius 1 is 1.19 bits per heavy atom.